The summed E-state index contributed by atoms with van der Waals surface area (Å²) in [7, 11) is 0. The molecule has 0 aliphatic carbocycles. The Hall–Kier alpha value is -0.260. The summed E-state index contributed by atoms with van der Waals surface area (Å²) < 4.78 is 0. The third kappa shape index (κ3) is 12.2. The van der Waals surface area contributed by atoms with E-state index in [1.54, 1.807) is 0 Å². The zero-order valence-corrected chi connectivity index (χ0v) is 19.2. The molecule has 0 spiro atoms. The zero-order chi connectivity index (χ0) is 19.6. The van der Waals surface area contributed by atoms with E-state index in [1.165, 1.54) is 24.8 Å². The topological polar surface area (TPSA) is 0 Å². The van der Waals surface area contributed by atoms with Crippen molar-refractivity contribution in [2.75, 3.05) is 0 Å². The number of hydrogen-bond acceptors (Lipinski definition) is 0. The lowest BCUT2D eigenvalue weighted by Crippen LogP contribution is -2.28. The van der Waals surface area contributed by atoms with Crippen LogP contribution in [-0.4, -0.2) is 0 Å². The van der Waals surface area contributed by atoms with Gasteiger partial charge in [0, 0.05) is 0 Å². The Morgan fingerprint density at radius 2 is 0.792 bits per heavy atom. The van der Waals surface area contributed by atoms with Crippen molar-refractivity contribution in [2.24, 2.45) is 27.1 Å². The molecule has 0 aromatic carbocycles. The van der Waals surface area contributed by atoms with Crippen LogP contribution < -0.4 is 0 Å². The predicted octanol–water partition coefficient (Wildman–Crippen LogP) is 8.66. The predicted molar refractivity (Wildman–Crippen MR) is 112 cm³/mol. The first kappa shape index (κ1) is 23.7. The van der Waals surface area contributed by atoms with Crippen LogP contribution in [0.25, 0.3) is 0 Å². The summed E-state index contributed by atoms with van der Waals surface area (Å²) in [6, 6.07) is 0. The molecular weight excluding hydrogens is 288 g/mol. The van der Waals surface area contributed by atoms with E-state index in [4.69, 9.17) is 0 Å². The second kappa shape index (κ2) is 7.55. The zero-order valence-electron chi connectivity index (χ0n) is 19.2. The molecule has 0 heterocycles. The third-order valence-electron chi connectivity index (χ3n) is 4.43. The lowest BCUT2D eigenvalue weighted by molar-refractivity contribution is 0.130. The molecule has 0 amide bonds. The molecule has 0 bridgehead atoms. The molecular formula is C24H48. The van der Waals surface area contributed by atoms with Crippen LogP contribution in [0.5, 0.6) is 0 Å². The second-order valence-electron chi connectivity index (χ2n) is 13.2. The molecule has 0 aromatic heterocycles. The molecule has 0 nitrogen and oxygen atoms in total. The summed E-state index contributed by atoms with van der Waals surface area (Å²) in [4.78, 5) is 0. The van der Waals surface area contributed by atoms with Crippen molar-refractivity contribution in [3.63, 3.8) is 0 Å². The van der Waals surface area contributed by atoms with E-state index < -0.39 is 0 Å². The van der Waals surface area contributed by atoms with Crippen molar-refractivity contribution in [3.8, 4) is 0 Å². The standard InChI is InChI=1S/C24H48/c1-19(14-22(8,9)16-20(2,3)4)15-23(10,11)18-24(12,13)17-21(5,6)7/h1,14-18H2,2-13H3. The van der Waals surface area contributed by atoms with Gasteiger partial charge in [0.1, 0.15) is 0 Å². The van der Waals surface area contributed by atoms with Crippen LogP contribution in [0.1, 0.15) is 115 Å². The fourth-order valence-corrected chi connectivity index (χ4v) is 5.77. The Labute approximate surface area is 154 Å². The Balaban J connectivity index is 4.78. The minimum atomic E-state index is 0.323. The van der Waals surface area contributed by atoms with Crippen LogP contribution in [0.15, 0.2) is 12.2 Å². The summed E-state index contributed by atoms with van der Waals surface area (Å²) in [5, 5.41) is 0. The Bertz CT molecular complexity index is 404. The van der Waals surface area contributed by atoms with E-state index in [0.717, 1.165) is 12.8 Å². The van der Waals surface area contributed by atoms with E-state index >= 15 is 0 Å². The molecule has 0 rings (SSSR count). The molecule has 0 aromatic rings. The largest absolute Gasteiger partial charge is 0.0998 e. The lowest BCUT2D eigenvalue weighted by atomic mass is 9.65. The maximum atomic E-state index is 4.46. The van der Waals surface area contributed by atoms with Gasteiger partial charge in [-0.05, 0) is 59.2 Å². The Morgan fingerprint density at radius 3 is 1.12 bits per heavy atom. The number of hydrogen-bond donors (Lipinski definition) is 0. The van der Waals surface area contributed by atoms with Gasteiger partial charge in [0.2, 0.25) is 0 Å². The van der Waals surface area contributed by atoms with Gasteiger partial charge >= 0.3 is 0 Å². The maximum Gasteiger partial charge on any atom is -0.0271 e. The smallest absolute Gasteiger partial charge is 0.0271 e. The molecule has 0 heteroatoms. The molecule has 0 fully saturated rings. The summed E-state index contributed by atoms with van der Waals surface area (Å²) in [5.41, 5.74) is 3.25. The number of allylic oxidation sites excluding steroid dienone is 1. The van der Waals surface area contributed by atoms with E-state index in [0.29, 0.717) is 27.1 Å². The van der Waals surface area contributed by atoms with Gasteiger partial charge in [0.25, 0.3) is 0 Å². The average molecular weight is 337 g/mol. The van der Waals surface area contributed by atoms with Gasteiger partial charge in [-0.2, -0.15) is 0 Å². The summed E-state index contributed by atoms with van der Waals surface area (Å²) >= 11 is 0. The SMILES string of the molecule is C=C(CC(C)(C)CC(C)(C)C)CC(C)(C)CC(C)(C)CC(C)(C)C. The van der Waals surface area contributed by atoms with Crippen LogP contribution in [0.4, 0.5) is 0 Å². The highest BCUT2D eigenvalue weighted by molar-refractivity contribution is 5.03. The molecule has 0 aliphatic heterocycles. The fraction of sp³-hybridized carbons (Fsp3) is 0.917. The Kier molecular flexibility index (Phi) is 7.46. The minimum absolute atomic E-state index is 0.323. The normalized spacial score (nSPS) is 14.8. The fourth-order valence-electron chi connectivity index (χ4n) is 5.77. The number of rotatable bonds is 8. The van der Waals surface area contributed by atoms with Gasteiger partial charge in [0.05, 0.1) is 0 Å². The van der Waals surface area contributed by atoms with Crippen molar-refractivity contribution in [2.45, 2.75) is 115 Å². The average Bonchev–Trinajstić information content (AvgIpc) is 2.00. The minimum Gasteiger partial charge on any atom is -0.0998 e. The molecule has 144 valence electrons. The lowest BCUT2D eigenvalue weighted by Gasteiger charge is -2.40. The second-order valence-corrected chi connectivity index (χ2v) is 13.2. The molecule has 0 radical (unpaired) electrons. The van der Waals surface area contributed by atoms with Gasteiger partial charge in [0.15, 0.2) is 0 Å². The molecule has 0 saturated heterocycles. The molecule has 0 saturated carbocycles. The van der Waals surface area contributed by atoms with Crippen LogP contribution in [0, 0.1) is 27.1 Å². The van der Waals surface area contributed by atoms with Crippen molar-refractivity contribution in [1.82, 2.24) is 0 Å². The molecule has 0 atom stereocenters. The monoisotopic (exact) mass is 336 g/mol. The quantitative estimate of drug-likeness (QED) is 0.389. The van der Waals surface area contributed by atoms with Crippen LogP contribution in [0.2, 0.25) is 0 Å². The van der Waals surface area contributed by atoms with Crippen molar-refractivity contribution in [3.05, 3.63) is 12.2 Å². The van der Waals surface area contributed by atoms with E-state index in [1.807, 2.05) is 0 Å². The molecule has 0 aliphatic rings. The van der Waals surface area contributed by atoms with Gasteiger partial charge in [-0.15, -0.1) is 0 Å². The first-order valence-electron chi connectivity index (χ1n) is 9.89. The Morgan fingerprint density at radius 1 is 0.500 bits per heavy atom. The highest BCUT2D eigenvalue weighted by Gasteiger charge is 2.33. The highest BCUT2D eigenvalue weighted by Crippen LogP contribution is 2.46. The van der Waals surface area contributed by atoms with Crippen LogP contribution >= 0.6 is 0 Å². The first-order valence-corrected chi connectivity index (χ1v) is 9.89. The molecule has 0 N–H and O–H groups in total. The molecule has 24 heavy (non-hydrogen) atoms. The van der Waals surface area contributed by atoms with Crippen LogP contribution in [-0.2, 0) is 0 Å². The van der Waals surface area contributed by atoms with E-state index in [-0.39, 0.29) is 0 Å². The summed E-state index contributed by atoms with van der Waals surface area (Å²) in [5.74, 6) is 0. The van der Waals surface area contributed by atoms with Gasteiger partial charge in [-0.1, -0.05) is 95.2 Å². The summed E-state index contributed by atoms with van der Waals surface area (Å²) in [6.07, 6.45) is 6.07. The molecule has 0 unspecified atom stereocenters. The van der Waals surface area contributed by atoms with Crippen molar-refractivity contribution in [1.29, 1.82) is 0 Å². The van der Waals surface area contributed by atoms with Crippen molar-refractivity contribution >= 4 is 0 Å². The maximum absolute atomic E-state index is 4.46. The van der Waals surface area contributed by atoms with Gasteiger partial charge < -0.3 is 0 Å². The van der Waals surface area contributed by atoms with Gasteiger partial charge in [-0.3, -0.25) is 0 Å². The van der Waals surface area contributed by atoms with E-state index in [2.05, 4.69) is 89.7 Å². The van der Waals surface area contributed by atoms with Gasteiger partial charge in [-0.25, -0.2) is 0 Å². The summed E-state index contributed by atoms with van der Waals surface area (Å²) in [6.45, 7) is 33.1. The van der Waals surface area contributed by atoms with E-state index in [9.17, 15) is 0 Å². The highest BCUT2D eigenvalue weighted by atomic mass is 14.4. The van der Waals surface area contributed by atoms with Crippen LogP contribution in [0.3, 0.4) is 0 Å². The first-order chi connectivity index (χ1) is 10.2. The third-order valence-corrected chi connectivity index (χ3v) is 4.43. The van der Waals surface area contributed by atoms with Crippen molar-refractivity contribution < 1.29 is 0 Å².